The van der Waals surface area contributed by atoms with Gasteiger partial charge in [0.25, 0.3) is 0 Å². The fourth-order valence-electron chi connectivity index (χ4n) is 3.17. The van der Waals surface area contributed by atoms with E-state index in [4.69, 9.17) is 4.42 Å². The molecule has 120 valence electrons. The first-order chi connectivity index (χ1) is 10.9. The van der Waals surface area contributed by atoms with Crippen molar-refractivity contribution in [3.63, 3.8) is 0 Å². The Hall–Kier alpha value is -2.29. The fraction of sp³-hybridized carbons (Fsp3) is 0.350. The van der Waals surface area contributed by atoms with Gasteiger partial charge in [0, 0.05) is 17.7 Å². The molecular formula is C20H23NO2. The molecule has 0 aliphatic heterocycles. The van der Waals surface area contributed by atoms with Gasteiger partial charge in [0.15, 0.2) is 5.58 Å². The van der Waals surface area contributed by atoms with Gasteiger partial charge in [-0.1, -0.05) is 52.0 Å². The summed E-state index contributed by atoms with van der Waals surface area (Å²) >= 11 is 0. The van der Waals surface area contributed by atoms with E-state index in [9.17, 15) is 4.79 Å². The molecule has 3 rings (SSSR count). The van der Waals surface area contributed by atoms with Gasteiger partial charge in [-0.3, -0.25) is 4.79 Å². The highest BCUT2D eigenvalue weighted by Crippen LogP contribution is 2.42. The zero-order valence-electron chi connectivity index (χ0n) is 14.4. The minimum absolute atomic E-state index is 0.0778. The Morgan fingerprint density at radius 2 is 1.70 bits per heavy atom. The number of nitrogens with one attached hydrogen (secondary N) is 1. The summed E-state index contributed by atoms with van der Waals surface area (Å²) in [6.07, 6.45) is 0. The maximum atomic E-state index is 11.7. The van der Waals surface area contributed by atoms with Crippen LogP contribution in [0.3, 0.4) is 0 Å². The molecule has 0 radical (unpaired) electrons. The predicted molar refractivity (Wildman–Crippen MR) is 96.2 cm³/mol. The molecule has 3 nitrogen and oxygen atoms in total. The zero-order valence-corrected chi connectivity index (χ0v) is 14.4. The molecule has 0 aliphatic carbocycles. The van der Waals surface area contributed by atoms with Crippen molar-refractivity contribution in [2.24, 2.45) is 0 Å². The Bertz CT molecular complexity index is 887. The van der Waals surface area contributed by atoms with E-state index in [1.165, 1.54) is 12.5 Å². The number of hydrogen-bond acceptors (Lipinski definition) is 2. The Balaban J connectivity index is 2.49. The number of para-hydroxylation sites is 1. The van der Waals surface area contributed by atoms with E-state index in [2.05, 4.69) is 45.1 Å². The van der Waals surface area contributed by atoms with E-state index in [0.29, 0.717) is 11.8 Å². The third kappa shape index (κ3) is 2.61. The number of rotatable bonds is 3. The summed E-state index contributed by atoms with van der Waals surface area (Å²) in [7, 11) is 0. The van der Waals surface area contributed by atoms with Gasteiger partial charge < -0.3 is 9.73 Å². The van der Waals surface area contributed by atoms with E-state index in [1.807, 2.05) is 18.2 Å². The van der Waals surface area contributed by atoms with Crippen LogP contribution < -0.4 is 5.32 Å². The van der Waals surface area contributed by atoms with Crippen molar-refractivity contribution in [3.8, 4) is 0 Å². The van der Waals surface area contributed by atoms with Gasteiger partial charge in [-0.25, -0.2) is 0 Å². The summed E-state index contributed by atoms with van der Waals surface area (Å²) in [5.74, 6) is 0.597. The molecule has 0 saturated carbocycles. The molecule has 2 aromatic carbocycles. The molecule has 23 heavy (non-hydrogen) atoms. The van der Waals surface area contributed by atoms with E-state index in [-0.39, 0.29) is 5.91 Å². The molecule has 1 heterocycles. The van der Waals surface area contributed by atoms with Gasteiger partial charge in [0.1, 0.15) is 5.58 Å². The second-order valence-corrected chi connectivity index (χ2v) is 6.72. The summed E-state index contributed by atoms with van der Waals surface area (Å²) in [5.41, 5.74) is 4.84. The van der Waals surface area contributed by atoms with Crippen LogP contribution >= 0.6 is 0 Å². The van der Waals surface area contributed by atoms with Crippen LogP contribution in [-0.4, -0.2) is 5.91 Å². The first-order valence-electron chi connectivity index (χ1n) is 8.15. The van der Waals surface area contributed by atoms with Crippen molar-refractivity contribution in [1.29, 1.82) is 0 Å². The van der Waals surface area contributed by atoms with Crippen LogP contribution in [0.25, 0.3) is 21.9 Å². The second-order valence-electron chi connectivity index (χ2n) is 6.72. The van der Waals surface area contributed by atoms with Crippen molar-refractivity contribution in [1.82, 2.24) is 0 Å². The average Bonchev–Trinajstić information content (AvgIpc) is 2.86. The molecule has 0 unspecified atom stereocenters. The van der Waals surface area contributed by atoms with Gasteiger partial charge in [-0.05, 0) is 29.0 Å². The highest BCUT2D eigenvalue weighted by Gasteiger charge is 2.22. The van der Waals surface area contributed by atoms with Crippen molar-refractivity contribution in [3.05, 3.63) is 41.5 Å². The van der Waals surface area contributed by atoms with Crippen molar-refractivity contribution in [2.45, 2.75) is 46.5 Å². The number of fused-ring (bicyclic) bond motifs is 3. The molecule has 1 N–H and O–H groups in total. The number of hydrogen-bond donors (Lipinski definition) is 1. The first-order valence-corrected chi connectivity index (χ1v) is 8.15. The molecule has 0 atom stereocenters. The van der Waals surface area contributed by atoms with Crippen LogP contribution in [-0.2, 0) is 4.79 Å². The lowest BCUT2D eigenvalue weighted by molar-refractivity contribution is -0.114. The number of amides is 1. The summed E-state index contributed by atoms with van der Waals surface area (Å²) < 4.78 is 6.15. The Labute approximate surface area is 136 Å². The second kappa shape index (κ2) is 5.73. The minimum atomic E-state index is -0.0778. The molecule has 1 aromatic heterocycles. The summed E-state index contributed by atoms with van der Waals surface area (Å²) in [5, 5.41) is 5.21. The summed E-state index contributed by atoms with van der Waals surface area (Å²) in [6, 6.07) is 10.3. The molecule has 0 aliphatic rings. The molecule has 0 saturated heterocycles. The highest BCUT2D eigenvalue weighted by atomic mass is 16.3. The van der Waals surface area contributed by atoms with E-state index < -0.39 is 0 Å². The van der Waals surface area contributed by atoms with Crippen LogP contribution in [0, 0.1) is 0 Å². The lowest BCUT2D eigenvalue weighted by Gasteiger charge is -2.18. The Morgan fingerprint density at radius 3 is 2.30 bits per heavy atom. The van der Waals surface area contributed by atoms with Crippen molar-refractivity contribution >= 4 is 33.5 Å². The Morgan fingerprint density at radius 1 is 1.04 bits per heavy atom. The largest absolute Gasteiger partial charge is 0.454 e. The molecule has 0 bridgehead atoms. The number of benzene rings is 2. The van der Waals surface area contributed by atoms with E-state index in [1.54, 1.807) is 0 Å². The molecule has 0 fully saturated rings. The number of carbonyl (C=O) groups excluding carboxylic acids is 1. The molecule has 3 aromatic rings. The van der Waals surface area contributed by atoms with Crippen molar-refractivity contribution in [2.75, 3.05) is 5.32 Å². The first kappa shape index (κ1) is 15.6. The summed E-state index contributed by atoms with van der Waals surface area (Å²) in [4.78, 5) is 11.7. The van der Waals surface area contributed by atoms with E-state index in [0.717, 1.165) is 33.2 Å². The lowest BCUT2D eigenvalue weighted by atomic mass is 9.90. The average molecular weight is 309 g/mol. The molecule has 1 amide bonds. The van der Waals surface area contributed by atoms with Crippen LogP contribution in [0.2, 0.25) is 0 Å². The zero-order chi connectivity index (χ0) is 16.7. The lowest BCUT2D eigenvalue weighted by Crippen LogP contribution is -2.10. The van der Waals surface area contributed by atoms with E-state index >= 15 is 0 Å². The van der Waals surface area contributed by atoms with Gasteiger partial charge in [-0.15, -0.1) is 0 Å². The number of anilines is 1. The van der Waals surface area contributed by atoms with Gasteiger partial charge in [-0.2, -0.15) is 0 Å². The van der Waals surface area contributed by atoms with Gasteiger partial charge >= 0.3 is 0 Å². The summed E-state index contributed by atoms with van der Waals surface area (Å²) in [6.45, 7) is 10.2. The smallest absolute Gasteiger partial charge is 0.221 e. The highest BCUT2D eigenvalue weighted by molar-refractivity contribution is 6.13. The minimum Gasteiger partial charge on any atom is -0.454 e. The predicted octanol–water partition coefficient (Wildman–Crippen LogP) is 5.79. The normalized spacial score (nSPS) is 11.8. The fourth-order valence-corrected chi connectivity index (χ4v) is 3.17. The topological polar surface area (TPSA) is 42.2 Å². The third-order valence-electron chi connectivity index (χ3n) is 4.26. The quantitative estimate of drug-likeness (QED) is 0.665. The molecule has 0 spiro atoms. The van der Waals surface area contributed by atoms with Gasteiger partial charge in [0.05, 0.1) is 5.69 Å². The van der Waals surface area contributed by atoms with Crippen LogP contribution in [0.1, 0.15) is 57.6 Å². The number of carbonyl (C=O) groups is 1. The van der Waals surface area contributed by atoms with Crippen LogP contribution in [0.5, 0.6) is 0 Å². The Kier molecular flexibility index (Phi) is 3.88. The molecular weight excluding hydrogens is 286 g/mol. The molecule has 3 heteroatoms. The van der Waals surface area contributed by atoms with Crippen LogP contribution in [0.4, 0.5) is 5.69 Å². The maximum Gasteiger partial charge on any atom is 0.221 e. The third-order valence-corrected chi connectivity index (χ3v) is 4.26. The van der Waals surface area contributed by atoms with Crippen molar-refractivity contribution < 1.29 is 9.21 Å². The van der Waals surface area contributed by atoms with Crippen LogP contribution in [0.15, 0.2) is 34.7 Å². The standard InChI is InChI=1S/C20H23NO2/c1-11(2)15-10-16(12(3)4)19(21-13(5)22)20-18(15)14-8-6-7-9-17(14)23-20/h6-12H,1-5H3,(H,21,22). The maximum absolute atomic E-state index is 11.7. The van der Waals surface area contributed by atoms with Gasteiger partial charge in [0.2, 0.25) is 5.91 Å². The number of furan rings is 1. The SMILES string of the molecule is CC(=O)Nc1c(C(C)C)cc(C(C)C)c2c1oc1ccccc12. The monoisotopic (exact) mass is 309 g/mol.